The fraction of sp³-hybridized carbons (Fsp3) is 0.400. The highest BCUT2D eigenvalue weighted by molar-refractivity contribution is 6.41. The summed E-state index contributed by atoms with van der Waals surface area (Å²) in [6, 6.07) is 13.8. The van der Waals surface area contributed by atoms with Crippen LogP contribution in [0.1, 0.15) is 30.4 Å². The third-order valence-corrected chi connectivity index (χ3v) is 9.92. The number of aromatic nitrogens is 4. The number of ketones is 2. The van der Waals surface area contributed by atoms with Gasteiger partial charge >= 0.3 is 36.1 Å². The van der Waals surface area contributed by atoms with Gasteiger partial charge in [0.15, 0.2) is 5.82 Å². The van der Waals surface area contributed by atoms with Crippen molar-refractivity contribution in [1.29, 1.82) is 0 Å². The van der Waals surface area contributed by atoms with Gasteiger partial charge in [-0.05, 0) is 85.5 Å². The number of aryl methyl sites for hydroxylation is 2. The number of carbonyl (C=O) groups is 4. The van der Waals surface area contributed by atoms with Crippen molar-refractivity contribution in [3.63, 3.8) is 0 Å². The maximum Gasteiger partial charge on any atom is 0.458 e. The van der Waals surface area contributed by atoms with E-state index >= 15 is 0 Å². The van der Waals surface area contributed by atoms with E-state index in [-0.39, 0.29) is 6.03 Å². The molecule has 0 unspecified atom stereocenters. The summed E-state index contributed by atoms with van der Waals surface area (Å²) in [7, 11) is 0. The number of anilines is 6. The predicted molar refractivity (Wildman–Crippen MR) is 217 cm³/mol. The molecule has 3 aliphatic heterocycles. The summed E-state index contributed by atoms with van der Waals surface area (Å²) in [5, 5.41) is 9.98. The van der Waals surface area contributed by atoms with E-state index in [0.29, 0.717) is 61.4 Å². The zero-order chi connectivity index (χ0) is 47.4. The minimum absolute atomic E-state index is 0.101. The van der Waals surface area contributed by atoms with Crippen LogP contribution in [0, 0.1) is 5.92 Å². The molecule has 0 spiro atoms. The topological polar surface area (TPSA) is 181 Å². The lowest BCUT2D eigenvalue weighted by Gasteiger charge is -2.32. The van der Waals surface area contributed by atoms with Crippen molar-refractivity contribution in [2.75, 3.05) is 66.8 Å². The highest BCUT2D eigenvalue weighted by Gasteiger charge is 2.54. The molecule has 65 heavy (non-hydrogen) atoms. The SMILES string of the molecule is O=C(C(=O)C(F)(F)F)C(F)(F)F.O=C(Nc1cccc(N2CCOCC2)n1)N1CCC(CCOc2ccc3cc2CCc2cncc(c2)Nc2ncc(Cl)c(n2)N3)CC1.O=CC(F)(F)F. The highest BCUT2D eigenvalue weighted by Crippen LogP contribution is 2.31. The maximum atomic E-state index is 13.0. The summed E-state index contributed by atoms with van der Waals surface area (Å²) in [5.41, 5.74) is 3.88. The summed E-state index contributed by atoms with van der Waals surface area (Å²) < 4.78 is 110. The van der Waals surface area contributed by atoms with Gasteiger partial charge in [-0.25, -0.2) is 14.8 Å². The van der Waals surface area contributed by atoms with Gasteiger partial charge in [-0.2, -0.15) is 44.5 Å². The number of halogens is 10. The second-order valence-corrected chi connectivity index (χ2v) is 14.7. The lowest BCUT2D eigenvalue weighted by molar-refractivity contribution is -0.193. The molecule has 4 aromatic rings. The molecule has 7 rings (SSSR count). The normalized spacial score (nSPS) is 15.4. The van der Waals surface area contributed by atoms with Gasteiger partial charge in [0.05, 0.1) is 37.9 Å². The maximum absolute atomic E-state index is 13.0. The molecule has 0 aliphatic carbocycles. The number of morpholine rings is 1. The second-order valence-electron chi connectivity index (χ2n) is 14.3. The third-order valence-electron chi connectivity index (χ3n) is 9.65. The van der Waals surface area contributed by atoms with Crippen molar-refractivity contribution in [3.8, 4) is 5.75 Å². The number of hydrogen-bond donors (Lipinski definition) is 3. The molecule has 2 fully saturated rings. The molecule has 1 aromatic carbocycles. The Hall–Kier alpha value is -6.30. The number of piperidine rings is 1. The Morgan fingerprint density at radius 3 is 2.17 bits per heavy atom. The molecule has 6 heterocycles. The van der Waals surface area contributed by atoms with Gasteiger partial charge in [-0.15, -0.1) is 0 Å². The molecule has 2 saturated heterocycles. The second kappa shape index (κ2) is 22.1. The molecular formula is C40H39ClF9N9O6. The fourth-order valence-corrected chi connectivity index (χ4v) is 6.55. The number of nitrogens with one attached hydrogen (secondary N) is 3. The Kier molecular flexibility index (Phi) is 16.9. The van der Waals surface area contributed by atoms with Crippen LogP contribution >= 0.6 is 11.6 Å². The Morgan fingerprint density at radius 1 is 0.846 bits per heavy atom. The number of aldehydes is 1. The first-order valence-corrected chi connectivity index (χ1v) is 19.9. The molecule has 2 amide bonds. The molecule has 0 radical (unpaired) electrons. The number of urea groups is 1. The molecule has 3 aromatic heterocycles. The molecule has 0 atom stereocenters. The summed E-state index contributed by atoms with van der Waals surface area (Å²) in [6.45, 7) is 5.01. The number of ether oxygens (including phenoxy) is 2. The van der Waals surface area contributed by atoms with Crippen LogP contribution in [0.3, 0.4) is 0 Å². The zero-order valence-electron chi connectivity index (χ0n) is 33.8. The average molecular weight is 948 g/mol. The van der Waals surface area contributed by atoms with Crippen molar-refractivity contribution in [3.05, 3.63) is 77.2 Å². The van der Waals surface area contributed by atoms with E-state index in [4.69, 9.17) is 25.9 Å². The lowest BCUT2D eigenvalue weighted by atomic mass is 9.94. The Labute approximate surface area is 369 Å². The molecule has 15 nitrogen and oxygen atoms in total. The number of rotatable bonds is 7. The van der Waals surface area contributed by atoms with Crippen LogP contribution < -0.4 is 25.6 Å². The van der Waals surface area contributed by atoms with Crippen LogP contribution in [0.25, 0.3) is 0 Å². The summed E-state index contributed by atoms with van der Waals surface area (Å²) in [4.78, 5) is 63.0. The van der Waals surface area contributed by atoms with E-state index in [9.17, 15) is 53.9 Å². The molecule has 3 N–H and O–H groups in total. The van der Waals surface area contributed by atoms with E-state index in [1.165, 1.54) is 0 Å². The quantitative estimate of drug-likeness (QED) is 0.0921. The average Bonchev–Trinajstić information content (AvgIpc) is 3.27. The Balaban J connectivity index is 0.000000372. The first-order valence-electron chi connectivity index (χ1n) is 19.6. The number of likely N-dealkylation sites (tertiary alicyclic amines) is 1. The third kappa shape index (κ3) is 15.4. The van der Waals surface area contributed by atoms with Crippen molar-refractivity contribution in [1.82, 2.24) is 24.8 Å². The van der Waals surface area contributed by atoms with E-state index in [0.717, 1.165) is 79.3 Å². The Morgan fingerprint density at radius 2 is 1.52 bits per heavy atom. The molecule has 6 bridgehead atoms. The van der Waals surface area contributed by atoms with Crippen LogP contribution in [-0.2, 0) is 32.0 Å². The van der Waals surface area contributed by atoms with Gasteiger partial charge in [0.2, 0.25) is 12.2 Å². The minimum Gasteiger partial charge on any atom is -0.493 e. The number of fused-ring (bicyclic) bond motifs is 6. The highest BCUT2D eigenvalue weighted by atomic mass is 35.5. The molecular weight excluding hydrogens is 909 g/mol. The number of benzene rings is 1. The predicted octanol–water partition coefficient (Wildman–Crippen LogP) is 8.05. The van der Waals surface area contributed by atoms with Crippen molar-refractivity contribution in [2.45, 2.75) is 50.6 Å². The van der Waals surface area contributed by atoms with Gasteiger partial charge in [0.25, 0.3) is 0 Å². The number of amides is 2. The molecule has 25 heteroatoms. The van der Waals surface area contributed by atoms with E-state index in [2.05, 4.69) is 52.9 Å². The van der Waals surface area contributed by atoms with E-state index in [1.54, 1.807) is 12.4 Å². The fourth-order valence-electron chi connectivity index (χ4n) is 6.41. The summed E-state index contributed by atoms with van der Waals surface area (Å²) in [6.07, 6.45) is -7.65. The number of Topliss-reactive ketones (excluding diaryl/α,β-unsaturated/α-hetero) is 2. The van der Waals surface area contributed by atoms with Gasteiger partial charge < -0.3 is 29.9 Å². The van der Waals surface area contributed by atoms with E-state index < -0.39 is 36.4 Å². The van der Waals surface area contributed by atoms with Crippen LogP contribution in [0.15, 0.2) is 61.1 Å². The van der Waals surface area contributed by atoms with Crippen molar-refractivity contribution in [2.24, 2.45) is 5.92 Å². The van der Waals surface area contributed by atoms with Crippen LogP contribution in [0.5, 0.6) is 5.75 Å². The van der Waals surface area contributed by atoms with Crippen LogP contribution in [-0.4, -0.2) is 113 Å². The van der Waals surface area contributed by atoms with Gasteiger partial charge in [0.1, 0.15) is 22.4 Å². The molecule has 0 saturated carbocycles. The zero-order valence-corrected chi connectivity index (χ0v) is 34.6. The number of pyridine rings is 2. The minimum atomic E-state index is -5.77. The van der Waals surface area contributed by atoms with Crippen LogP contribution in [0.4, 0.5) is 79.1 Å². The number of alkyl halides is 9. The largest absolute Gasteiger partial charge is 0.493 e. The lowest BCUT2D eigenvalue weighted by Crippen LogP contribution is -2.41. The monoisotopic (exact) mass is 947 g/mol. The number of hydrogen-bond acceptors (Lipinski definition) is 13. The summed E-state index contributed by atoms with van der Waals surface area (Å²) in [5.74, 6) is -3.07. The van der Waals surface area contributed by atoms with Crippen molar-refractivity contribution < 1.29 is 68.2 Å². The van der Waals surface area contributed by atoms with Crippen LogP contribution in [0.2, 0.25) is 5.02 Å². The van der Waals surface area contributed by atoms with Gasteiger partial charge in [-0.1, -0.05) is 17.7 Å². The van der Waals surface area contributed by atoms with E-state index in [1.807, 2.05) is 41.4 Å². The van der Waals surface area contributed by atoms with Crippen molar-refractivity contribution >= 4 is 70.3 Å². The Bertz CT molecular complexity index is 2270. The smallest absolute Gasteiger partial charge is 0.458 e. The number of carbonyl (C=O) groups excluding carboxylic acids is 4. The molecule has 350 valence electrons. The number of nitrogens with zero attached hydrogens (tertiary/aromatic N) is 6. The standard InChI is InChI=1S/C34H38ClN9O3.C4F6O2.C2HF3O/c35-28-22-37-33-39-27-18-24(20-36-21-27)4-5-25-19-26(38-32(28)42-33)6-7-29(25)47-15-10-23-8-11-44(12-9-23)34(45)41-30-2-1-3-31(40-30)43-13-16-46-17-14-43;5-3(6,7)1(11)2(12)4(8,9)10;3-2(4,5)1-6/h1-3,6-7,18-23H,4-5,8-17H2,(H,40,41,45)(H2,37,38,39,42);;1H. The first-order chi connectivity index (χ1) is 30.7. The summed E-state index contributed by atoms with van der Waals surface area (Å²) >= 11 is 6.42. The van der Waals surface area contributed by atoms with Gasteiger partial charge in [0, 0.05) is 38.1 Å². The first kappa shape index (κ1) is 49.7. The molecule has 3 aliphatic rings. The van der Waals surface area contributed by atoms with Gasteiger partial charge in [-0.3, -0.25) is 24.7 Å².